The SMILES string of the molecule is COc1cc(C(=O)N2CCC(NC(=O)c3cccnc3)CC2)cc(OC)c1OC. The van der Waals surface area contributed by atoms with Crippen LogP contribution in [0.25, 0.3) is 0 Å². The van der Waals surface area contributed by atoms with E-state index in [-0.39, 0.29) is 17.9 Å². The minimum Gasteiger partial charge on any atom is -0.493 e. The Balaban J connectivity index is 1.63. The van der Waals surface area contributed by atoms with Crippen LogP contribution in [-0.4, -0.2) is 62.2 Å². The number of hydrogen-bond acceptors (Lipinski definition) is 6. The molecule has 0 spiro atoms. The molecule has 1 aliphatic heterocycles. The lowest BCUT2D eigenvalue weighted by molar-refractivity contribution is 0.0697. The third-order valence-electron chi connectivity index (χ3n) is 4.95. The molecule has 3 rings (SSSR count). The summed E-state index contributed by atoms with van der Waals surface area (Å²) in [6.07, 6.45) is 4.53. The third-order valence-corrected chi connectivity index (χ3v) is 4.95. The van der Waals surface area contributed by atoms with E-state index in [0.29, 0.717) is 54.3 Å². The highest BCUT2D eigenvalue weighted by Gasteiger charge is 2.26. The van der Waals surface area contributed by atoms with E-state index in [9.17, 15) is 9.59 Å². The van der Waals surface area contributed by atoms with E-state index in [1.807, 2.05) is 0 Å². The van der Waals surface area contributed by atoms with Crippen molar-refractivity contribution in [2.75, 3.05) is 34.4 Å². The number of aromatic nitrogens is 1. The van der Waals surface area contributed by atoms with Crippen LogP contribution in [0.15, 0.2) is 36.7 Å². The number of nitrogens with one attached hydrogen (secondary N) is 1. The average Bonchev–Trinajstić information content (AvgIpc) is 2.78. The molecule has 2 aromatic rings. The van der Waals surface area contributed by atoms with Crippen molar-refractivity contribution in [2.45, 2.75) is 18.9 Å². The van der Waals surface area contributed by atoms with Crippen LogP contribution >= 0.6 is 0 Å². The Labute approximate surface area is 169 Å². The van der Waals surface area contributed by atoms with Crippen molar-refractivity contribution < 1.29 is 23.8 Å². The molecule has 29 heavy (non-hydrogen) atoms. The van der Waals surface area contributed by atoms with Crippen molar-refractivity contribution >= 4 is 11.8 Å². The molecule has 0 radical (unpaired) electrons. The van der Waals surface area contributed by atoms with Crippen LogP contribution in [0.3, 0.4) is 0 Å². The summed E-state index contributed by atoms with van der Waals surface area (Å²) in [5.74, 6) is 1.07. The summed E-state index contributed by atoms with van der Waals surface area (Å²) >= 11 is 0. The van der Waals surface area contributed by atoms with Gasteiger partial charge in [0.15, 0.2) is 11.5 Å². The van der Waals surface area contributed by atoms with Crippen molar-refractivity contribution in [1.82, 2.24) is 15.2 Å². The Hall–Kier alpha value is -3.29. The molecule has 1 saturated heterocycles. The second-order valence-corrected chi connectivity index (χ2v) is 6.70. The first kappa shape index (κ1) is 20.4. The Morgan fingerprint density at radius 2 is 1.69 bits per heavy atom. The number of carbonyl (C=O) groups is 2. The smallest absolute Gasteiger partial charge is 0.254 e. The number of piperidine rings is 1. The highest BCUT2D eigenvalue weighted by molar-refractivity contribution is 5.96. The van der Waals surface area contributed by atoms with Gasteiger partial charge in [-0.05, 0) is 37.1 Å². The highest BCUT2D eigenvalue weighted by Crippen LogP contribution is 2.38. The van der Waals surface area contributed by atoms with Crippen LogP contribution in [0.2, 0.25) is 0 Å². The fraction of sp³-hybridized carbons (Fsp3) is 0.381. The van der Waals surface area contributed by atoms with Crippen molar-refractivity contribution in [2.24, 2.45) is 0 Å². The van der Waals surface area contributed by atoms with Crippen LogP contribution in [0.1, 0.15) is 33.6 Å². The number of ether oxygens (including phenoxy) is 3. The van der Waals surface area contributed by atoms with E-state index in [1.54, 1.807) is 41.6 Å². The molecule has 0 aliphatic carbocycles. The molecule has 154 valence electrons. The number of nitrogens with zero attached hydrogens (tertiary/aromatic N) is 2. The minimum absolute atomic E-state index is 0.0201. The first-order chi connectivity index (χ1) is 14.1. The van der Waals surface area contributed by atoms with Crippen LogP contribution in [-0.2, 0) is 0 Å². The second-order valence-electron chi connectivity index (χ2n) is 6.70. The van der Waals surface area contributed by atoms with Crippen LogP contribution in [0.4, 0.5) is 0 Å². The highest BCUT2D eigenvalue weighted by atomic mass is 16.5. The number of rotatable bonds is 6. The maximum absolute atomic E-state index is 13.0. The zero-order valence-electron chi connectivity index (χ0n) is 16.8. The fourth-order valence-electron chi connectivity index (χ4n) is 3.38. The minimum atomic E-state index is -0.146. The lowest BCUT2D eigenvalue weighted by atomic mass is 10.0. The predicted octanol–water partition coefficient (Wildman–Crippen LogP) is 2.14. The van der Waals surface area contributed by atoms with Gasteiger partial charge in [-0.2, -0.15) is 0 Å². The van der Waals surface area contributed by atoms with Gasteiger partial charge in [0.2, 0.25) is 5.75 Å². The summed E-state index contributed by atoms with van der Waals surface area (Å²) in [5, 5.41) is 3.01. The number of likely N-dealkylation sites (tertiary alicyclic amines) is 1. The zero-order chi connectivity index (χ0) is 20.8. The number of carbonyl (C=O) groups excluding carboxylic acids is 2. The number of methoxy groups -OCH3 is 3. The Morgan fingerprint density at radius 1 is 1.03 bits per heavy atom. The van der Waals surface area contributed by atoms with Crippen molar-refractivity contribution in [3.8, 4) is 17.2 Å². The first-order valence-electron chi connectivity index (χ1n) is 9.37. The largest absolute Gasteiger partial charge is 0.493 e. The summed E-state index contributed by atoms with van der Waals surface area (Å²) in [7, 11) is 4.55. The molecular formula is C21H25N3O5. The van der Waals surface area contributed by atoms with E-state index >= 15 is 0 Å². The van der Waals surface area contributed by atoms with Gasteiger partial charge >= 0.3 is 0 Å². The number of benzene rings is 1. The molecule has 1 N–H and O–H groups in total. The van der Waals surface area contributed by atoms with Gasteiger partial charge in [0, 0.05) is 37.1 Å². The van der Waals surface area contributed by atoms with E-state index in [1.165, 1.54) is 21.3 Å². The molecule has 1 aromatic heterocycles. The van der Waals surface area contributed by atoms with Crippen LogP contribution in [0.5, 0.6) is 17.2 Å². The van der Waals surface area contributed by atoms with Crippen molar-refractivity contribution in [1.29, 1.82) is 0 Å². The molecule has 0 bridgehead atoms. The molecule has 0 unspecified atom stereocenters. The number of hydrogen-bond donors (Lipinski definition) is 1. The normalized spacial score (nSPS) is 14.2. The fourth-order valence-corrected chi connectivity index (χ4v) is 3.38. The summed E-state index contributed by atoms with van der Waals surface area (Å²) in [6, 6.07) is 6.78. The zero-order valence-corrected chi connectivity index (χ0v) is 16.8. The topological polar surface area (TPSA) is 90.0 Å². The van der Waals surface area contributed by atoms with Gasteiger partial charge in [-0.25, -0.2) is 0 Å². The third kappa shape index (κ3) is 4.59. The molecular weight excluding hydrogens is 374 g/mol. The van der Waals surface area contributed by atoms with Crippen LogP contribution < -0.4 is 19.5 Å². The van der Waals surface area contributed by atoms with Gasteiger partial charge in [0.25, 0.3) is 11.8 Å². The quantitative estimate of drug-likeness (QED) is 0.801. The first-order valence-corrected chi connectivity index (χ1v) is 9.37. The molecule has 0 atom stereocenters. The molecule has 1 aliphatic rings. The molecule has 8 nitrogen and oxygen atoms in total. The second kappa shape index (κ2) is 9.27. The maximum atomic E-state index is 13.0. The molecule has 2 amide bonds. The predicted molar refractivity (Wildman–Crippen MR) is 107 cm³/mol. The molecule has 8 heteroatoms. The summed E-state index contributed by atoms with van der Waals surface area (Å²) in [4.78, 5) is 31.0. The van der Waals surface area contributed by atoms with E-state index in [2.05, 4.69) is 10.3 Å². The van der Waals surface area contributed by atoms with Crippen LogP contribution in [0, 0.1) is 0 Å². The van der Waals surface area contributed by atoms with Gasteiger partial charge in [-0.3, -0.25) is 14.6 Å². The molecule has 0 saturated carbocycles. The van der Waals surface area contributed by atoms with E-state index in [4.69, 9.17) is 14.2 Å². The van der Waals surface area contributed by atoms with Gasteiger partial charge in [-0.1, -0.05) is 0 Å². The molecule has 1 fully saturated rings. The standard InChI is InChI=1S/C21H25N3O5/c1-27-17-11-15(12-18(28-2)19(17)29-3)21(26)24-9-6-16(7-10-24)23-20(25)14-5-4-8-22-13-14/h4-5,8,11-13,16H,6-7,9-10H2,1-3H3,(H,23,25). The average molecular weight is 399 g/mol. The van der Waals surface area contributed by atoms with E-state index < -0.39 is 0 Å². The number of pyridine rings is 1. The summed E-state index contributed by atoms with van der Waals surface area (Å²) in [6.45, 7) is 1.10. The molecule has 1 aromatic carbocycles. The van der Waals surface area contributed by atoms with E-state index in [0.717, 1.165) is 0 Å². The Bertz CT molecular complexity index is 839. The van der Waals surface area contributed by atoms with Gasteiger partial charge in [0.05, 0.1) is 26.9 Å². The number of amides is 2. The van der Waals surface area contributed by atoms with Crippen molar-refractivity contribution in [3.63, 3.8) is 0 Å². The maximum Gasteiger partial charge on any atom is 0.254 e. The molecule has 2 heterocycles. The Kier molecular flexibility index (Phi) is 6.54. The Morgan fingerprint density at radius 3 is 2.21 bits per heavy atom. The van der Waals surface area contributed by atoms with Gasteiger partial charge < -0.3 is 24.4 Å². The van der Waals surface area contributed by atoms with Gasteiger partial charge in [-0.15, -0.1) is 0 Å². The lowest BCUT2D eigenvalue weighted by Gasteiger charge is -2.32. The summed E-state index contributed by atoms with van der Waals surface area (Å²) < 4.78 is 16.0. The lowest BCUT2D eigenvalue weighted by Crippen LogP contribution is -2.46. The summed E-state index contributed by atoms with van der Waals surface area (Å²) in [5.41, 5.74) is 1.00. The van der Waals surface area contributed by atoms with Crippen molar-refractivity contribution in [3.05, 3.63) is 47.8 Å². The van der Waals surface area contributed by atoms with Gasteiger partial charge in [0.1, 0.15) is 0 Å². The monoisotopic (exact) mass is 399 g/mol.